The molecule has 134 valence electrons. The van der Waals surface area contributed by atoms with Gasteiger partial charge in [0.15, 0.2) is 5.13 Å². The lowest BCUT2D eigenvalue weighted by Crippen LogP contribution is -2.22. The SMILES string of the molecule is CC(=O)NCCc1ccc(-c2csc(Nc3ccc(C)c(F)c3)n2)cc1. The van der Waals surface area contributed by atoms with Crippen molar-refractivity contribution in [2.75, 3.05) is 11.9 Å². The topological polar surface area (TPSA) is 54.0 Å². The van der Waals surface area contributed by atoms with Gasteiger partial charge in [-0.25, -0.2) is 9.37 Å². The summed E-state index contributed by atoms with van der Waals surface area (Å²) in [4.78, 5) is 15.5. The third kappa shape index (κ3) is 4.67. The summed E-state index contributed by atoms with van der Waals surface area (Å²) in [5.41, 5.74) is 4.36. The van der Waals surface area contributed by atoms with E-state index < -0.39 is 0 Å². The van der Waals surface area contributed by atoms with E-state index >= 15 is 0 Å². The molecule has 0 saturated carbocycles. The number of carbonyl (C=O) groups excluding carboxylic acids is 1. The predicted molar refractivity (Wildman–Crippen MR) is 104 cm³/mol. The second-order valence-electron chi connectivity index (χ2n) is 6.06. The lowest BCUT2D eigenvalue weighted by Gasteiger charge is -2.05. The molecule has 0 unspecified atom stereocenters. The third-order valence-electron chi connectivity index (χ3n) is 3.96. The van der Waals surface area contributed by atoms with Gasteiger partial charge in [0.2, 0.25) is 5.91 Å². The quantitative estimate of drug-likeness (QED) is 0.663. The van der Waals surface area contributed by atoms with E-state index in [1.807, 2.05) is 35.7 Å². The van der Waals surface area contributed by atoms with Crippen molar-refractivity contribution in [3.63, 3.8) is 0 Å². The Hall–Kier alpha value is -2.73. The third-order valence-corrected chi connectivity index (χ3v) is 4.72. The molecule has 2 N–H and O–H groups in total. The molecule has 0 aliphatic heterocycles. The first-order valence-corrected chi connectivity index (χ1v) is 9.21. The second-order valence-corrected chi connectivity index (χ2v) is 6.91. The van der Waals surface area contributed by atoms with Gasteiger partial charge in [0, 0.05) is 30.1 Å². The van der Waals surface area contributed by atoms with Crippen LogP contribution in [0.2, 0.25) is 0 Å². The fourth-order valence-corrected chi connectivity index (χ4v) is 3.22. The Morgan fingerprint density at radius 3 is 2.65 bits per heavy atom. The molecule has 0 radical (unpaired) electrons. The Morgan fingerprint density at radius 1 is 1.19 bits per heavy atom. The van der Waals surface area contributed by atoms with Gasteiger partial charge in [-0.15, -0.1) is 11.3 Å². The maximum atomic E-state index is 13.6. The molecule has 3 aromatic rings. The van der Waals surface area contributed by atoms with Crippen molar-refractivity contribution in [1.82, 2.24) is 10.3 Å². The van der Waals surface area contributed by atoms with E-state index in [0.717, 1.165) is 28.4 Å². The number of hydrogen-bond donors (Lipinski definition) is 2. The molecule has 0 atom stereocenters. The van der Waals surface area contributed by atoms with Crippen LogP contribution in [0.3, 0.4) is 0 Å². The van der Waals surface area contributed by atoms with Gasteiger partial charge in [-0.2, -0.15) is 0 Å². The number of hydrogen-bond acceptors (Lipinski definition) is 4. The van der Waals surface area contributed by atoms with Gasteiger partial charge in [-0.05, 0) is 36.6 Å². The van der Waals surface area contributed by atoms with Gasteiger partial charge in [-0.3, -0.25) is 4.79 Å². The molecule has 3 rings (SSSR count). The summed E-state index contributed by atoms with van der Waals surface area (Å²) in [6.45, 7) is 3.88. The van der Waals surface area contributed by atoms with Crippen LogP contribution in [0.15, 0.2) is 47.8 Å². The molecule has 1 aromatic heterocycles. The Kier molecular flexibility index (Phi) is 5.63. The average Bonchev–Trinajstić information content (AvgIpc) is 3.07. The van der Waals surface area contributed by atoms with Crippen LogP contribution < -0.4 is 10.6 Å². The van der Waals surface area contributed by atoms with Crippen molar-refractivity contribution >= 4 is 28.1 Å². The number of aryl methyl sites for hydroxylation is 1. The Balaban J connectivity index is 1.65. The van der Waals surface area contributed by atoms with E-state index in [1.54, 1.807) is 13.0 Å². The Bertz CT molecular complexity index is 906. The van der Waals surface area contributed by atoms with Gasteiger partial charge >= 0.3 is 0 Å². The lowest BCUT2D eigenvalue weighted by atomic mass is 10.1. The molecule has 0 fully saturated rings. The van der Waals surface area contributed by atoms with Crippen LogP contribution in [0, 0.1) is 12.7 Å². The zero-order valence-corrected chi connectivity index (χ0v) is 15.5. The monoisotopic (exact) mass is 369 g/mol. The molecule has 2 aromatic carbocycles. The first kappa shape index (κ1) is 18.1. The summed E-state index contributed by atoms with van der Waals surface area (Å²) in [5.74, 6) is -0.251. The fraction of sp³-hybridized carbons (Fsp3) is 0.200. The van der Waals surface area contributed by atoms with Crippen molar-refractivity contribution < 1.29 is 9.18 Å². The minimum absolute atomic E-state index is 0.0161. The van der Waals surface area contributed by atoms with Crippen LogP contribution in [-0.2, 0) is 11.2 Å². The van der Waals surface area contributed by atoms with E-state index in [9.17, 15) is 9.18 Å². The van der Waals surface area contributed by atoms with E-state index in [4.69, 9.17) is 0 Å². The number of amides is 1. The number of benzene rings is 2. The molecular weight excluding hydrogens is 349 g/mol. The number of halogens is 1. The number of anilines is 2. The normalized spacial score (nSPS) is 10.6. The number of rotatable bonds is 6. The van der Waals surface area contributed by atoms with Crippen LogP contribution in [0.1, 0.15) is 18.1 Å². The number of thiazole rings is 1. The van der Waals surface area contributed by atoms with Crippen molar-refractivity contribution in [3.8, 4) is 11.3 Å². The number of carbonyl (C=O) groups is 1. The summed E-state index contributed by atoms with van der Waals surface area (Å²) >= 11 is 1.48. The van der Waals surface area contributed by atoms with Crippen molar-refractivity contribution in [3.05, 3.63) is 64.8 Å². The predicted octanol–water partition coefficient (Wildman–Crippen LogP) is 4.68. The highest BCUT2D eigenvalue weighted by atomic mass is 32.1. The second kappa shape index (κ2) is 8.10. The molecule has 0 bridgehead atoms. The largest absolute Gasteiger partial charge is 0.356 e. The Labute approximate surface area is 156 Å². The number of nitrogens with one attached hydrogen (secondary N) is 2. The summed E-state index contributed by atoms with van der Waals surface area (Å²) in [6.07, 6.45) is 0.794. The molecule has 0 aliphatic carbocycles. The summed E-state index contributed by atoms with van der Waals surface area (Å²) in [6, 6.07) is 13.2. The molecule has 6 heteroatoms. The molecule has 0 saturated heterocycles. The molecule has 0 spiro atoms. The highest BCUT2D eigenvalue weighted by molar-refractivity contribution is 7.14. The minimum atomic E-state index is -0.235. The van der Waals surface area contributed by atoms with Crippen LogP contribution in [-0.4, -0.2) is 17.4 Å². The van der Waals surface area contributed by atoms with Crippen molar-refractivity contribution in [2.24, 2.45) is 0 Å². The van der Waals surface area contributed by atoms with E-state index in [-0.39, 0.29) is 11.7 Å². The fourth-order valence-electron chi connectivity index (χ4n) is 2.48. The zero-order valence-electron chi connectivity index (χ0n) is 14.7. The first-order chi connectivity index (χ1) is 12.5. The summed E-state index contributed by atoms with van der Waals surface area (Å²) < 4.78 is 13.6. The maximum Gasteiger partial charge on any atom is 0.216 e. The van der Waals surface area contributed by atoms with Crippen molar-refractivity contribution in [2.45, 2.75) is 20.3 Å². The van der Waals surface area contributed by atoms with Gasteiger partial charge in [0.1, 0.15) is 5.82 Å². The van der Waals surface area contributed by atoms with Crippen LogP contribution >= 0.6 is 11.3 Å². The van der Waals surface area contributed by atoms with Crippen LogP contribution in [0.4, 0.5) is 15.2 Å². The van der Waals surface area contributed by atoms with Gasteiger partial charge < -0.3 is 10.6 Å². The standard InChI is InChI=1S/C20H20FN3OS/c1-13-3-8-17(11-18(13)21)23-20-24-19(12-26-20)16-6-4-15(5-7-16)9-10-22-14(2)25/h3-8,11-12H,9-10H2,1-2H3,(H,22,25)(H,23,24). The summed E-state index contributed by atoms with van der Waals surface area (Å²) in [5, 5.41) is 8.62. The van der Waals surface area contributed by atoms with Gasteiger partial charge in [0.25, 0.3) is 0 Å². The van der Waals surface area contributed by atoms with E-state index in [1.165, 1.54) is 24.3 Å². The smallest absolute Gasteiger partial charge is 0.216 e. The highest BCUT2D eigenvalue weighted by Crippen LogP contribution is 2.28. The van der Waals surface area contributed by atoms with Crippen LogP contribution in [0.25, 0.3) is 11.3 Å². The number of nitrogens with zero attached hydrogens (tertiary/aromatic N) is 1. The summed E-state index contributed by atoms with van der Waals surface area (Å²) in [7, 11) is 0. The molecule has 1 amide bonds. The minimum Gasteiger partial charge on any atom is -0.356 e. The van der Waals surface area contributed by atoms with Crippen molar-refractivity contribution in [1.29, 1.82) is 0 Å². The van der Waals surface area contributed by atoms with E-state index in [2.05, 4.69) is 15.6 Å². The highest BCUT2D eigenvalue weighted by Gasteiger charge is 2.06. The number of aromatic nitrogens is 1. The zero-order chi connectivity index (χ0) is 18.5. The Morgan fingerprint density at radius 2 is 1.96 bits per heavy atom. The van der Waals surface area contributed by atoms with Gasteiger partial charge in [0.05, 0.1) is 5.69 Å². The molecule has 26 heavy (non-hydrogen) atoms. The molecular formula is C20H20FN3OS. The molecule has 4 nitrogen and oxygen atoms in total. The van der Waals surface area contributed by atoms with Gasteiger partial charge in [-0.1, -0.05) is 30.3 Å². The molecule has 1 heterocycles. The average molecular weight is 369 g/mol. The van der Waals surface area contributed by atoms with Crippen LogP contribution in [0.5, 0.6) is 0 Å². The molecule has 0 aliphatic rings. The lowest BCUT2D eigenvalue weighted by molar-refractivity contribution is -0.118. The van der Waals surface area contributed by atoms with E-state index in [0.29, 0.717) is 17.8 Å². The maximum absolute atomic E-state index is 13.6. The first-order valence-electron chi connectivity index (χ1n) is 8.34.